The van der Waals surface area contributed by atoms with Crippen molar-refractivity contribution in [2.45, 2.75) is 6.92 Å². The molecule has 0 fully saturated rings. The minimum absolute atomic E-state index is 0.266. The van der Waals surface area contributed by atoms with Gasteiger partial charge in [-0.3, -0.25) is 4.79 Å². The van der Waals surface area contributed by atoms with Gasteiger partial charge in [0, 0.05) is 13.1 Å². The first-order chi connectivity index (χ1) is 5.70. The molecule has 1 rings (SSSR count). The molecule has 0 atom stereocenters. The fourth-order valence-electron chi connectivity index (χ4n) is 0.618. The Bertz CT molecular complexity index is 321. The van der Waals surface area contributed by atoms with Crippen molar-refractivity contribution in [3.05, 3.63) is 18.3 Å². The molecule has 0 spiro atoms. The molecule has 0 radical (unpaired) electrons. The van der Waals surface area contributed by atoms with Gasteiger partial charge in [-0.2, -0.15) is 0 Å². The molecule has 0 aliphatic carbocycles. The van der Waals surface area contributed by atoms with E-state index in [1.807, 2.05) is 0 Å². The molecule has 5 nitrogen and oxygen atoms in total. The molecule has 0 aliphatic rings. The Labute approximate surface area is 69.3 Å². The maximum absolute atomic E-state index is 10.4. The first-order valence-electron chi connectivity index (χ1n) is 3.33. The molecular weight excluding hydrogens is 156 g/mol. The number of nitrogens with two attached hydrogens (primary N) is 1. The minimum atomic E-state index is -0.363. The number of nitrogens with zero attached hydrogens (tertiary/aromatic N) is 3. The number of nitrogen functional groups attached to an aromatic ring is 1. The van der Waals surface area contributed by atoms with Crippen LogP contribution in [0.15, 0.2) is 28.6 Å². The molecule has 0 unspecified atom stereocenters. The highest BCUT2D eigenvalue weighted by Crippen LogP contribution is 2.17. The van der Waals surface area contributed by atoms with E-state index in [-0.39, 0.29) is 11.7 Å². The average Bonchev–Trinajstić information content (AvgIpc) is 2.03. The molecule has 1 heterocycles. The highest BCUT2D eigenvalue weighted by molar-refractivity contribution is 5.73. The van der Waals surface area contributed by atoms with Gasteiger partial charge < -0.3 is 5.73 Å². The van der Waals surface area contributed by atoms with Crippen molar-refractivity contribution in [1.29, 1.82) is 0 Å². The normalized spacial score (nSPS) is 10.4. The zero-order valence-corrected chi connectivity index (χ0v) is 6.56. The third-order valence-corrected chi connectivity index (χ3v) is 1.11. The van der Waals surface area contributed by atoms with E-state index < -0.39 is 0 Å². The largest absolute Gasteiger partial charge is 0.382 e. The van der Waals surface area contributed by atoms with Crippen LogP contribution in [0.2, 0.25) is 0 Å². The van der Waals surface area contributed by atoms with Crippen LogP contribution in [0.25, 0.3) is 0 Å². The van der Waals surface area contributed by atoms with Crippen LogP contribution in [0.4, 0.5) is 11.5 Å². The maximum atomic E-state index is 10.4. The zero-order chi connectivity index (χ0) is 8.97. The SMILES string of the molecule is CC(=O)N=Nc1cccnc1N. The Kier molecular flexibility index (Phi) is 2.47. The predicted molar refractivity (Wildman–Crippen MR) is 43.8 cm³/mol. The lowest BCUT2D eigenvalue weighted by molar-refractivity contribution is -0.116. The Balaban J connectivity index is 2.89. The van der Waals surface area contributed by atoms with Crippen molar-refractivity contribution in [2.75, 3.05) is 5.73 Å². The van der Waals surface area contributed by atoms with Gasteiger partial charge in [0.2, 0.25) is 0 Å². The van der Waals surface area contributed by atoms with Gasteiger partial charge in [0.05, 0.1) is 0 Å². The van der Waals surface area contributed by atoms with Crippen molar-refractivity contribution in [2.24, 2.45) is 10.2 Å². The van der Waals surface area contributed by atoms with Crippen molar-refractivity contribution in [3.8, 4) is 0 Å². The van der Waals surface area contributed by atoms with E-state index >= 15 is 0 Å². The number of hydrogen-bond acceptors (Lipinski definition) is 4. The molecule has 0 bridgehead atoms. The summed E-state index contributed by atoms with van der Waals surface area (Å²) in [4.78, 5) is 14.2. The number of azo groups is 1. The van der Waals surface area contributed by atoms with Crippen LogP contribution < -0.4 is 5.73 Å². The van der Waals surface area contributed by atoms with Gasteiger partial charge >= 0.3 is 0 Å². The van der Waals surface area contributed by atoms with Crippen LogP contribution in [-0.2, 0) is 4.79 Å². The number of aromatic nitrogens is 1. The second kappa shape index (κ2) is 3.56. The van der Waals surface area contributed by atoms with Crippen LogP contribution in [0.1, 0.15) is 6.92 Å². The molecule has 0 aliphatic heterocycles. The standard InChI is InChI=1S/C7H8N4O/c1-5(12)10-11-6-3-2-4-9-7(6)8/h2-4H,1H3,(H2,8,9). The third kappa shape index (κ3) is 2.12. The Morgan fingerprint density at radius 2 is 2.42 bits per heavy atom. The number of anilines is 1. The van der Waals surface area contributed by atoms with Crippen LogP contribution in [0, 0.1) is 0 Å². The predicted octanol–water partition coefficient (Wildman–Crippen LogP) is 1.29. The number of carbonyl (C=O) groups is 1. The van der Waals surface area contributed by atoms with Gasteiger partial charge in [-0.25, -0.2) is 4.98 Å². The highest BCUT2D eigenvalue weighted by atomic mass is 16.1. The molecule has 0 aromatic carbocycles. The van der Waals surface area contributed by atoms with E-state index in [1.54, 1.807) is 18.3 Å². The number of pyridine rings is 1. The van der Waals surface area contributed by atoms with E-state index in [9.17, 15) is 4.79 Å². The fourth-order valence-corrected chi connectivity index (χ4v) is 0.618. The third-order valence-electron chi connectivity index (χ3n) is 1.11. The molecule has 12 heavy (non-hydrogen) atoms. The lowest BCUT2D eigenvalue weighted by Gasteiger charge is -1.93. The van der Waals surface area contributed by atoms with Gasteiger partial charge in [-0.1, -0.05) is 0 Å². The first kappa shape index (κ1) is 8.32. The summed E-state index contributed by atoms with van der Waals surface area (Å²) in [5, 5.41) is 6.91. The monoisotopic (exact) mass is 164 g/mol. The molecule has 0 saturated heterocycles. The Hall–Kier alpha value is -1.78. The molecule has 0 saturated carbocycles. The van der Waals surface area contributed by atoms with Crippen molar-refractivity contribution in [1.82, 2.24) is 4.98 Å². The number of hydrogen-bond donors (Lipinski definition) is 1. The summed E-state index contributed by atoms with van der Waals surface area (Å²) in [6.07, 6.45) is 1.54. The van der Waals surface area contributed by atoms with Gasteiger partial charge in [0.1, 0.15) is 5.69 Å². The molecular formula is C7H8N4O. The van der Waals surface area contributed by atoms with Crippen LogP contribution in [0.3, 0.4) is 0 Å². The summed E-state index contributed by atoms with van der Waals surface area (Å²) in [7, 11) is 0. The molecule has 1 aromatic heterocycles. The van der Waals surface area contributed by atoms with Crippen molar-refractivity contribution >= 4 is 17.4 Å². The summed E-state index contributed by atoms with van der Waals surface area (Å²) < 4.78 is 0. The zero-order valence-electron chi connectivity index (χ0n) is 6.56. The Morgan fingerprint density at radius 1 is 1.67 bits per heavy atom. The van der Waals surface area contributed by atoms with Crippen LogP contribution in [0.5, 0.6) is 0 Å². The van der Waals surface area contributed by atoms with E-state index in [0.717, 1.165) is 0 Å². The van der Waals surface area contributed by atoms with Gasteiger partial charge in [-0.15, -0.1) is 10.2 Å². The lowest BCUT2D eigenvalue weighted by Crippen LogP contribution is -1.88. The van der Waals surface area contributed by atoms with Gasteiger partial charge in [0.15, 0.2) is 5.82 Å². The van der Waals surface area contributed by atoms with Gasteiger partial charge in [-0.05, 0) is 12.1 Å². The highest BCUT2D eigenvalue weighted by Gasteiger charge is 1.95. The number of amides is 1. The molecule has 1 amide bonds. The molecule has 5 heteroatoms. The minimum Gasteiger partial charge on any atom is -0.382 e. The van der Waals surface area contributed by atoms with E-state index in [4.69, 9.17) is 5.73 Å². The molecule has 62 valence electrons. The summed E-state index contributed by atoms with van der Waals surface area (Å²) in [5.41, 5.74) is 5.84. The van der Waals surface area contributed by atoms with Crippen molar-refractivity contribution in [3.63, 3.8) is 0 Å². The van der Waals surface area contributed by atoms with E-state index in [0.29, 0.717) is 5.69 Å². The summed E-state index contributed by atoms with van der Waals surface area (Å²) >= 11 is 0. The Morgan fingerprint density at radius 3 is 3.00 bits per heavy atom. The maximum Gasteiger partial charge on any atom is 0.261 e. The molecule has 1 aromatic rings. The lowest BCUT2D eigenvalue weighted by atomic mass is 10.4. The van der Waals surface area contributed by atoms with Crippen molar-refractivity contribution < 1.29 is 4.79 Å². The van der Waals surface area contributed by atoms with E-state index in [1.165, 1.54) is 6.92 Å². The number of rotatable bonds is 1. The molecule has 2 N–H and O–H groups in total. The fraction of sp³-hybridized carbons (Fsp3) is 0.143. The first-order valence-corrected chi connectivity index (χ1v) is 3.33. The van der Waals surface area contributed by atoms with Crippen LogP contribution >= 0.6 is 0 Å². The van der Waals surface area contributed by atoms with E-state index in [2.05, 4.69) is 15.2 Å². The van der Waals surface area contributed by atoms with Crippen LogP contribution in [-0.4, -0.2) is 10.9 Å². The quantitative estimate of drug-likeness (QED) is 0.635. The topological polar surface area (TPSA) is 80.7 Å². The second-order valence-electron chi connectivity index (χ2n) is 2.13. The summed E-state index contributed by atoms with van der Waals surface area (Å²) in [6, 6.07) is 3.31. The summed E-state index contributed by atoms with van der Waals surface area (Å²) in [5.74, 6) is -0.0965. The second-order valence-corrected chi connectivity index (χ2v) is 2.13. The smallest absolute Gasteiger partial charge is 0.261 e. The summed E-state index contributed by atoms with van der Waals surface area (Å²) in [6.45, 7) is 1.32. The number of carbonyl (C=O) groups excluding carboxylic acids is 1. The van der Waals surface area contributed by atoms with Gasteiger partial charge in [0.25, 0.3) is 5.91 Å². The average molecular weight is 164 g/mol.